The summed E-state index contributed by atoms with van der Waals surface area (Å²) in [6, 6.07) is 20.3. The minimum Gasteiger partial charge on any atom is -0.361 e. The van der Waals surface area contributed by atoms with Gasteiger partial charge in [-0.15, -0.1) is 0 Å². The highest BCUT2D eigenvalue weighted by atomic mass is 19.1. The van der Waals surface area contributed by atoms with E-state index in [4.69, 9.17) is 5.10 Å². The van der Waals surface area contributed by atoms with E-state index in [9.17, 15) is 4.39 Å². The topological polar surface area (TPSA) is 36.9 Å². The van der Waals surface area contributed by atoms with Crippen molar-refractivity contribution in [2.75, 3.05) is 0 Å². The van der Waals surface area contributed by atoms with Crippen LogP contribution in [0, 0.1) is 12.7 Å². The summed E-state index contributed by atoms with van der Waals surface area (Å²) in [4.78, 5) is 5.80. The number of hydrogen-bond acceptors (Lipinski definition) is 2. The molecule has 2 aromatic heterocycles. The summed E-state index contributed by atoms with van der Waals surface area (Å²) in [5.74, 6) is -0.157. The second-order valence-corrected chi connectivity index (χ2v) is 10.9. The number of aromatic amines is 1. The Morgan fingerprint density at radius 3 is 2.34 bits per heavy atom. The third kappa shape index (κ3) is 3.71. The lowest BCUT2D eigenvalue weighted by Crippen LogP contribution is -2.36. The van der Waals surface area contributed by atoms with Crippen molar-refractivity contribution in [2.45, 2.75) is 66.1 Å². The second kappa shape index (κ2) is 9.25. The molecule has 0 aliphatic carbocycles. The van der Waals surface area contributed by atoms with Crippen molar-refractivity contribution >= 4 is 10.9 Å². The van der Waals surface area contributed by atoms with E-state index in [0.717, 1.165) is 29.7 Å². The molecule has 0 fully saturated rings. The molecule has 5 heteroatoms. The van der Waals surface area contributed by atoms with E-state index < -0.39 is 0 Å². The fourth-order valence-electron chi connectivity index (χ4n) is 6.15. The summed E-state index contributed by atoms with van der Waals surface area (Å²) in [5.41, 5.74) is 11.2. The Labute approximate surface area is 224 Å². The van der Waals surface area contributed by atoms with Gasteiger partial charge in [-0.2, -0.15) is 5.10 Å². The van der Waals surface area contributed by atoms with Crippen molar-refractivity contribution in [3.63, 3.8) is 0 Å². The first-order valence-electron chi connectivity index (χ1n) is 13.6. The lowest BCUT2D eigenvalue weighted by atomic mass is 9.96. The van der Waals surface area contributed by atoms with E-state index >= 15 is 0 Å². The highest BCUT2D eigenvalue weighted by Gasteiger charge is 2.43. The minimum atomic E-state index is -0.354. The molecule has 0 radical (unpaired) electrons. The molecule has 1 N–H and O–H groups in total. The number of benzene rings is 3. The van der Waals surface area contributed by atoms with Gasteiger partial charge < -0.3 is 4.98 Å². The molecule has 0 atom stereocenters. The van der Waals surface area contributed by atoms with Gasteiger partial charge in [-0.1, -0.05) is 62.4 Å². The molecule has 6 rings (SSSR count). The van der Waals surface area contributed by atoms with Crippen LogP contribution in [0.3, 0.4) is 0 Å². The number of H-pyrrole nitrogens is 1. The third-order valence-corrected chi connectivity index (χ3v) is 8.38. The van der Waals surface area contributed by atoms with Gasteiger partial charge in [0.05, 0.1) is 22.6 Å². The van der Waals surface area contributed by atoms with Crippen LogP contribution >= 0.6 is 0 Å². The summed E-state index contributed by atoms with van der Waals surface area (Å²) in [6.45, 7) is 12.3. The molecular formula is C33H35FN4. The number of para-hydroxylation sites is 1. The molecule has 0 spiro atoms. The molecule has 0 saturated carbocycles. The molecule has 38 heavy (non-hydrogen) atoms. The van der Waals surface area contributed by atoms with Crippen molar-refractivity contribution < 1.29 is 4.39 Å². The first-order valence-corrected chi connectivity index (χ1v) is 13.6. The van der Waals surface area contributed by atoms with Gasteiger partial charge in [-0.3, -0.25) is 4.90 Å². The number of nitrogens with zero attached hydrogens (tertiary/aromatic N) is 3. The fraction of sp³-hybridized carbons (Fsp3) is 0.303. The number of hydrogen-bond donors (Lipinski definition) is 1. The Bertz CT molecular complexity index is 1630. The van der Waals surface area contributed by atoms with Gasteiger partial charge in [-0.05, 0) is 62.4 Å². The summed E-state index contributed by atoms with van der Waals surface area (Å²) in [6.07, 6.45) is 3.89. The van der Waals surface area contributed by atoms with E-state index in [1.165, 1.54) is 38.9 Å². The Kier molecular flexibility index (Phi) is 5.99. The van der Waals surface area contributed by atoms with E-state index in [1.54, 1.807) is 12.1 Å². The summed E-state index contributed by atoms with van der Waals surface area (Å²) in [7, 11) is 0. The normalized spacial score (nSPS) is 14.9. The minimum absolute atomic E-state index is 0.157. The van der Waals surface area contributed by atoms with Crippen LogP contribution in [0.5, 0.6) is 0 Å². The number of halogens is 1. The molecule has 1 aliphatic rings. The Hall–Kier alpha value is -3.70. The molecule has 1 aliphatic heterocycles. The maximum absolute atomic E-state index is 14.7. The van der Waals surface area contributed by atoms with E-state index in [1.807, 2.05) is 18.3 Å². The Morgan fingerprint density at radius 1 is 0.921 bits per heavy atom. The third-order valence-electron chi connectivity index (χ3n) is 8.38. The zero-order valence-electron chi connectivity index (χ0n) is 22.9. The molecule has 0 bridgehead atoms. The zero-order chi connectivity index (χ0) is 26.6. The average Bonchev–Trinajstić information content (AvgIpc) is 3.61. The Balaban J connectivity index is 1.60. The van der Waals surface area contributed by atoms with Gasteiger partial charge in [0.1, 0.15) is 5.82 Å². The van der Waals surface area contributed by atoms with Crippen LogP contribution in [0.25, 0.3) is 27.8 Å². The highest BCUT2D eigenvalue weighted by molar-refractivity contribution is 5.97. The smallest absolute Gasteiger partial charge is 0.127 e. The first kappa shape index (κ1) is 24.6. The predicted molar refractivity (Wildman–Crippen MR) is 153 cm³/mol. The van der Waals surface area contributed by atoms with Crippen LogP contribution in [0.4, 0.5) is 4.39 Å². The molecule has 5 aromatic rings. The van der Waals surface area contributed by atoms with Crippen LogP contribution < -0.4 is 0 Å². The van der Waals surface area contributed by atoms with Crippen molar-refractivity contribution in [1.82, 2.24) is 19.7 Å². The molecule has 0 unspecified atom stereocenters. The first-order chi connectivity index (χ1) is 18.3. The molecular weight excluding hydrogens is 471 g/mol. The van der Waals surface area contributed by atoms with Gasteiger partial charge in [0.25, 0.3) is 0 Å². The summed E-state index contributed by atoms with van der Waals surface area (Å²) < 4.78 is 16.9. The van der Waals surface area contributed by atoms with Crippen LogP contribution in [-0.2, 0) is 31.5 Å². The van der Waals surface area contributed by atoms with Crippen LogP contribution in [-0.4, -0.2) is 19.7 Å². The van der Waals surface area contributed by atoms with Gasteiger partial charge >= 0.3 is 0 Å². The quantitative estimate of drug-likeness (QED) is 0.255. The SMILES string of the molecule is CCc1cccc(CC)c1-n1nc2c(c1-c1ccc(C)c3[nH]ccc13)CN(Cc1ccccc1F)C2(C)C. The largest absolute Gasteiger partial charge is 0.361 e. The standard InChI is InChI=1S/C33H35FN4/c1-6-22-12-10-13-23(7-2)30(22)38-31(26-16-15-21(3)29-25(26)17-18-35-29)27-20-37(33(4,5)32(27)36-38)19-24-11-8-9-14-28(24)34/h8-18,35H,6-7,19-20H2,1-5H3. The maximum Gasteiger partial charge on any atom is 0.127 e. The fourth-order valence-corrected chi connectivity index (χ4v) is 6.15. The molecule has 4 nitrogen and oxygen atoms in total. The van der Waals surface area contributed by atoms with E-state index in [0.29, 0.717) is 18.7 Å². The summed E-state index contributed by atoms with van der Waals surface area (Å²) >= 11 is 0. The molecule has 0 amide bonds. The van der Waals surface area contributed by atoms with Crippen LogP contribution in [0.15, 0.2) is 66.9 Å². The van der Waals surface area contributed by atoms with E-state index in [-0.39, 0.29) is 11.4 Å². The Morgan fingerprint density at radius 2 is 1.63 bits per heavy atom. The average molecular weight is 507 g/mol. The molecule has 0 saturated heterocycles. The van der Waals surface area contributed by atoms with Crippen LogP contribution in [0.1, 0.15) is 61.2 Å². The number of rotatable bonds is 6. The lowest BCUT2D eigenvalue weighted by Gasteiger charge is -2.32. The van der Waals surface area contributed by atoms with Crippen molar-refractivity contribution in [3.05, 3.63) is 106 Å². The number of nitrogens with one attached hydrogen (secondary N) is 1. The second-order valence-electron chi connectivity index (χ2n) is 10.9. The van der Waals surface area contributed by atoms with Gasteiger partial charge in [-0.25, -0.2) is 9.07 Å². The monoisotopic (exact) mass is 506 g/mol. The summed E-state index contributed by atoms with van der Waals surface area (Å²) in [5, 5.41) is 6.61. The number of aromatic nitrogens is 3. The molecule has 194 valence electrons. The number of aryl methyl sites for hydroxylation is 3. The van der Waals surface area contributed by atoms with Crippen molar-refractivity contribution in [1.29, 1.82) is 0 Å². The van der Waals surface area contributed by atoms with Gasteiger partial charge in [0.2, 0.25) is 0 Å². The van der Waals surface area contributed by atoms with E-state index in [2.05, 4.69) is 85.6 Å². The van der Waals surface area contributed by atoms with Crippen molar-refractivity contribution in [2.24, 2.45) is 0 Å². The lowest BCUT2D eigenvalue weighted by molar-refractivity contribution is 0.121. The van der Waals surface area contributed by atoms with Crippen LogP contribution in [0.2, 0.25) is 0 Å². The molecule has 3 aromatic carbocycles. The number of fused-ring (bicyclic) bond motifs is 2. The van der Waals surface area contributed by atoms with Gasteiger partial charge in [0.15, 0.2) is 0 Å². The van der Waals surface area contributed by atoms with Gasteiger partial charge in [0, 0.05) is 46.9 Å². The highest BCUT2D eigenvalue weighted by Crippen LogP contribution is 2.46. The molecule has 3 heterocycles. The predicted octanol–water partition coefficient (Wildman–Crippen LogP) is 7.84. The zero-order valence-corrected chi connectivity index (χ0v) is 22.9. The van der Waals surface area contributed by atoms with Crippen molar-refractivity contribution in [3.8, 4) is 16.9 Å². The maximum atomic E-state index is 14.7.